The molecule has 2 bridgehead atoms. The van der Waals surface area contributed by atoms with E-state index in [4.69, 9.17) is 9.97 Å². The fraction of sp³-hybridized carbons (Fsp3) is 0.0667. The lowest BCUT2D eigenvalue weighted by Crippen LogP contribution is -2.11. The lowest BCUT2D eigenvalue weighted by molar-refractivity contribution is 0.799. The van der Waals surface area contributed by atoms with Crippen molar-refractivity contribution in [2.45, 2.75) is 18.3 Å². The third-order valence-corrected chi connectivity index (χ3v) is 10.3. The summed E-state index contributed by atoms with van der Waals surface area (Å²) in [6.07, 6.45) is 1.04. The topological polar surface area (TPSA) is 25.8 Å². The van der Waals surface area contributed by atoms with Crippen molar-refractivity contribution >= 4 is 21.8 Å². The normalized spacial score (nSPS) is 16.0. The minimum absolute atomic E-state index is 0.233. The molecule has 0 saturated carbocycles. The van der Waals surface area contributed by atoms with Gasteiger partial charge in [0.25, 0.3) is 0 Å². The van der Waals surface area contributed by atoms with Gasteiger partial charge in [-0.1, -0.05) is 133 Å². The Morgan fingerprint density at radius 1 is 0.340 bits per heavy atom. The number of hydrogen-bond acceptors (Lipinski definition) is 2. The average molecular weight is 599 g/mol. The summed E-state index contributed by atoms with van der Waals surface area (Å²) in [5.74, 6) is 0.466. The number of rotatable bonds is 4. The summed E-state index contributed by atoms with van der Waals surface area (Å²) >= 11 is 0. The molecule has 220 valence electrons. The summed E-state index contributed by atoms with van der Waals surface area (Å²) in [4.78, 5) is 10.9. The minimum Gasteiger partial charge on any atom is -0.247 e. The maximum atomic E-state index is 5.45. The third-order valence-electron chi connectivity index (χ3n) is 10.3. The van der Waals surface area contributed by atoms with Gasteiger partial charge in [0.1, 0.15) is 0 Å². The summed E-state index contributed by atoms with van der Waals surface area (Å²) in [6, 6.07) is 56.7. The summed E-state index contributed by atoms with van der Waals surface area (Å²) in [7, 11) is 0. The number of aromatic nitrogens is 2. The first kappa shape index (κ1) is 26.4. The SMILES string of the molecule is c1ccc(-c2ccc3nc(-c4ccccc4)c4c(c3c2)C2CC4c3c2c(-c2ccccc2)nc2ccc(-c4ccccc4)cc32)cc1. The van der Waals surface area contributed by atoms with Crippen molar-refractivity contribution < 1.29 is 0 Å². The van der Waals surface area contributed by atoms with Crippen LogP contribution in [0.4, 0.5) is 0 Å². The number of pyridine rings is 2. The third kappa shape index (κ3) is 4.05. The second-order valence-corrected chi connectivity index (χ2v) is 12.8. The second kappa shape index (κ2) is 10.3. The number of hydrogen-bond donors (Lipinski definition) is 0. The van der Waals surface area contributed by atoms with E-state index in [1.807, 2.05) is 0 Å². The van der Waals surface area contributed by atoms with Gasteiger partial charge in [0.15, 0.2) is 0 Å². The molecular weight excluding hydrogens is 569 g/mol. The molecule has 0 fully saturated rings. The Labute approximate surface area is 274 Å². The van der Waals surface area contributed by atoms with E-state index < -0.39 is 0 Å². The number of fused-ring (bicyclic) bond motifs is 12. The Balaban J connectivity index is 1.29. The zero-order valence-corrected chi connectivity index (χ0v) is 25.8. The van der Waals surface area contributed by atoms with Gasteiger partial charge >= 0.3 is 0 Å². The maximum absolute atomic E-state index is 5.45. The highest BCUT2D eigenvalue weighted by Gasteiger charge is 2.47. The standard InChI is InChI=1S/C45H30N2/c1-5-13-28(14-6-1)32-21-23-38-34(25-32)40-36-27-37(42(40)44(46-38)30-17-9-3-10-18-30)41-35-26-33(29-15-7-2-8-16-29)22-24-39(35)47-45(43(36)41)31-19-11-4-12-20-31/h1-26,36-37H,27H2. The molecule has 0 amide bonds. The fourth-order valence-corrected chi connectivity index (χ4v) is 8.31. The summed E-state index contributed by atoms with van der Waals surface area (Å²) in [5.41, 5.74) is 17.3. The highest BCUT2D eigenvalue weighted by atomic mass is 14.8. The molecule has 2 heteroatoms. The van der Waals surface area contributed by atoms with E-state index in [0.717, 1.165) is 28.8 Å². The molecular formula is C45H30N2. The van der Waals surface area contributed by atoms with E-state index in [-0.39, 0.29) is 11.8 Å². The molecule has 0 spiro atoms. The fourth-order valence-electron chi connectivity index (χ4n) is 8.31. The van der Waals surface area contributed by atoms with Crippen molar-refractivity contribution in [1.82, 2.24) is 9.97 Å². The molecule has 0 N–H and O–H groups in total. The van der Waals surface area contributed by atoms with Gasteiger partial charge in [-0.15, -0.1) is 0 Å². The quantitative estimate of drug-likeness (QED) is 0.201. The smallest absolute Gasteiger partial charge is 0.0750 e. The first-order chi connectivity index (χ1) is 23.3. The lowest BCUT2D eigenvalue weighted by atomic mass is 9.79. The molecule has 6 aromatic carbocycles. The predicted molar refractivity (Wildman–Crippen MR) is 194 cm³/mol. The molecule has 2 nitrogen and oxygen atoms in total. The van der Waals surface area contributed by atoms with E-state index in [0.29, 0.717) is 0 Å². The van der Waals surface area contributed by atoms with Crippen molar-refractivity contribution in [3.63, 3.8) is 0 Å². The first-order valence-corrected chi connectivity index (χ1v) is 16.5. The molecule has 0 saturated heterocycles. The average Bonchev–Trinajstić information content (AvgIpc) is 3.74. The summed E-state index contributed by atoms with van der Waals surface area (Å²) in [6.45, 7) is 0. The van der Waals surface area contributed by atoms with Crippen molar-refractivity contribution in [3.05, 3.63) is 180 Å². The van der Waals surface area contributed by atoms with Crippen LogP contribution in [0, 0.1) is 0 Å². The lowest BCUT2D eigenvalue weighted by Gasteiger charge is -2.27. The molecule has 2 aliphatic rings. The monoisotopic (exact) mass is 598 g/mol. The maximum Gasteiger partial charge on any atom is 0.0750 e. The van der Waals surface area contributed by atoms with Gasteiger partial charge in [-0.2, -0.15) is 0 Å². The highest BCUT2D eigenvalue weighted by Crippen LogP contribution is 2.63. The van der Waals surface area contributed by atoms with Gasteiger partial charge in [-0.25, -0.2) is 9.97 Å². The van der Waals surface area contributed by atoms with E-state index in [2.05, 4.69) is 158 Å². The van der Waals surface area contributed by atoms with Gasteiger partial charge < -0.3 is 0 Å². The molecule has 0 aliphatic heterocycles. The van der Waals surface area contributed by atoms with E-state index in [9.17, 15) is 0 Å². The highest BCUT2D eigenvalue weighted by molar-refractivity contribution is 5.99. The van der Waals surface area contributed by atoms with Gasteiger partial charge in [-0.05, 0) is 75.2 Å². The van der Waals surface area contributed by atoms with Crippen LogP contribution in [-0.2, 0) is 0 Å². The Hall–Kier alpha value is -5.86. The van der Waals surface area contributed by atoms with Gasteiger partial charge in [0, 0.05) is 33.7 Å². The molecule has 2 unspecified atom stereocenters. The zero-order chi connectivity index (χ0) is 30.9. The Bertz CT molecular complexity index is 2290. The van der Waals surface area contributed by atoms with E-state index in [1.165, 1.54) is 66.4 Å². The van der Waals surface area contributed by atoms with Crippen LogP contribution < -0.4 is 0 Å². The molecule has 2 atom stereocenters. The molecule has 2 aromatic heterocycles. The van der Waals surface area contributed by atoms with Crippen molar-refractivity contribution in [2.24, 2.45) is 0 Å². The predicted octanol–water partition coefficient (Wildman–Crippen LogP) is 11.4. The molecule has 8 aromatic rings. The Morgan fingerprint density at radius 3 is 1.09 bits per heavy atom. The summed E-state index contributed by atoms with van der Waals surface area (Å²) in [5, 5.41) is 2.52. The van der Waals surface area contributed by atoms with E-state index >= 15 is 0 Å². The Kier molecular flexibility index (Phi) is 5.80. The van der Waals surface area contributed by atoms with Crippen LogP contribution >= 0.6 is 0 Å². The van der Waals surface area contributed by atoms with Crippen molar-refractivity contribution in [1.29, 1.82) is 0 Å². The van der Waals surface area contributed by atoms with Crippen LogP contribution in [0.25, 0.3) is 66.6 Å². The number of benzene rings is 6. The van der Waals surface area contributed by atoms with Crippen LogP contribution in [0.15, 0.2) is 158 Å². The largest absolute Gasteiger partial charge is 0.247 e. The molecule has 47 heavy (non-hydrogen) atoms. The van der Waals surface area contributed by atoms with Gasteiger partial charge in [0.05, 0.1) is 22.4 Å². The van der Waals surface area contributed by atoms with Gasteiger partial charge in [0.2, 0.25) is 0 Å². The molecule has 2 aliphatic carbocycles. The van der Waals surface area contributed by atoms with Crippen molar-refractivity contribution in [2.75, 3.05) is 0 Å². The summed E-state index contributed by atoms with van der Waals surface area (Å²) < 4.78 is 0. The molecule has 0 radical (unpaired) electrons. The van der Waals surface area contributed by atoms with Crippen LogP contribution in [0.5, 0.6) is 0 Å². The van der Waals surface area contributed by atoms with E-state index in [1.54, 1.807) is 0 Å². The zero-order valence-electron chi connectivity index (χ0n) is 25.8. The number of nitrogens with zero attached hydrogens (tertiary/aromatic N) is 2. The molecule has 10 rings (SSSR count). The van der Waals surface area contributed by atoms with Crippen LogP contribution in [-0.4, -0.2) is 9.97 Å². The Morgan fingerprint density at radius 2 is 0.702 bits per heavy atom. The first-order valence-electron chi connectivity index (χ1n) is 16.5. The minimum atomic E-state index is 0.233. The van der Waals surface area contributed by atoms with Crippen LogP contribution in [0.1, 0.15) is 40.5 Å². The van der Waals surface area contributed by atoms with Crippen LogP contribution in [0.3, 0.4) is 0 Å². The van der Waals surface area contributed by atoms with Crippen molar-refractivity contribution in [3.8, 4) is 44.8 Å². The van der Waals surface area contributed by atoms with Crippen LogP contribution in [0.2, 0.25) is 0 Å². The second-order valence-electron chi connectivity index (χ2n) is 12.8. The van der Waals surface area contributed by atoms with Gasteiger partial charge in [-0.3, -0.25) is 0 Å². The molecule has 2 heterocycles.